The first kappa shape index (κ1) is 26.3. The number of alkyl halides is 3. The fraction of sp³-hybridized carbons (Fsp3) is 0.259. The molecule has 0 radical (unpaired) electrons. The monoisotopic (exact) mass is 504 g/mol. The van der Waals surface area contributed by atoms with Crippen LogP contribution < -0.4 is 8.92 Å². The summed E-state index contributed by atoms with van der Waals surface area (Å²) >= 11 is 0. The lowest BCUT2D eigenvalue weighted by molar-refractivity contribution is -0.0500. The number of aryl methyl sites for hydroxylation is 1. The molecular formula is C27H27F3O4S. The molecular weight excluding hydrogens is 477 g/mol. The molecule has 0 atom stereocenters. The van der Waals surface area contributed by atoms with E-state index in [1.807, 2.05) is 62.4 Å². The van der Waals surface area contributed by atoms with Gasteiger partial charge in [-0.15, -0.1) is 0 Å². The van der Waals surface area contributed by atoms with Crippen LogP contribution in [0.4, 0.5) is 13.2 Å². The number of halogens is 3. The maximum atomic E-state index is 12.7. The fourth-order valence-electron chi connectivity index (χ4n) is 4.00. The van der Waals surface area contributed by atoms with Crippen molar-refractivity contribution in [2.45, 2.75) is 38.6 Å². The predicted octanol–water partition coefficient (Wildman–Crippen LogP) is 7.25. The topological polar surface area (TPSA) is 52.6 Å². The first-order valence-corrected chi connectivity index (χ1v) is 12.7. The zero-order valence-corrected chi connectivity index (χ0v) is 20.5. The normalized spacial score (nSPS) is 13.8. The van der Waals surface area contributed by atoms with Crippen LogP contribution in [0.3, 0.4) is 0 Å². The molecule has 0 unspecified atom stereocenters. The van der Waals surface area contributed by atoms with Crippen LogP contribution in [0.1, 0.15) is 48.9 Å². The second-order valence-electron chi connectivity index (χ2n) is 7.60. The highest BCUT2D eigenvalue weighted by atomic mass is 32.2. The molecule has 8 heteroatoms. The Hall–Kier alpha value is -3.26. The summed E-state index contributed by atoms with van der Waals surface area (Å²) < 4.78 is 70.3. The maximum absolute atomic E-state index is 12.7. The van der Waals surface area contributed by atoms with Crippen molar-refractivity contribution in [1.82, 2.24) is 0 Å². The summed E-state index contributed by atoms with van der Waals surface area (Å²) in [5.74, 6) is 0.346. The molecule has 0 aromatic heterocycles. The van der Waals surface area contributed by atoms with E-state index in [0.717, 1.165) is 58.4 Å². The summed E-state index contributed by atoms with van der Waals surface area (Å²) in [7, 11) is -4.12. The Morgan fingerprint density at radius 2 is 1.43 bits per heavy atom. The molecule has 4 nitrogen and oxygen atoms in total. The molecule has 1 aliphatic rings. The first-order valence-electron chi connectivity index (χ1n) is 11.3. The minimum Gasteiger partial charge on any atom is -0.497 e. The molecule has 3 aromatic carbocycles. The molecule has 186 valence electrons. The molecule has 0 N–H and O–H groups in total. The van der Waals surface area contributed by atoms with E-state index >= 15 is 0 Å². The van der Waals surface area contributed by atoms with Gasteiger partial charge in [0.1, 0.15) is 11.5 Å². The van der Waals surface area contributed by atoms with Crippen LogP contribution in [0, 0.1) is 0 Å². The molecule has 0 spiro atoms. The van der Waals surface area contributed by atoms with Gasteiger partial charge in [0.15, 0.2) is 0 Å². The maximum Gasteiger partial charge on any atom is 0.534 e. The first-order chi connectivity index (χ1) is 16.7. The third kappa shape index (κ3) is 5.88. The smallest absolute Gasteiger partial charge is 0.497 e. The van der Waals surface area contributed by atoms with Crippen LogP contribution in [0.15, 0.2) is 72.8 Å². The van der Waals surface area contributed by atoms with Gasteiger partial charge in [-0.05, 0) is 76.9 Å². The summed E-state index contributed by atoms with van der Waals surface area (Å²) in [4.78, 5) is 0. The number of hydrogen-bond donors (Lipinski definition) is 0. The number of rotatable bonds is 5. The van der Waals surface area contributed by atoms with Crippen LogP contribution >= 0.6 is 0 Å². The number of fused-ring (bicyclic) bond motifs is 1. The highest BCUT2D eigenvalue weighted by molar-refractivity contribution is 7.88. The number of ether oxygens (including phenoxy) is 1. The Balaban J connectivity index is 0.00000167. The van der Waals surface area contributed by atoms with Crippen molar-refractivity contribution in [1.29, 1.82) is 0 Å². The van der Waals surface area contributed by atoms with Gasteiger partial charge in [0.05, 0.1) is 7.11 Å². The van der Waals surface area contributed by atoms with Gasteiger partial charge in [0.2, 0.25) is 0 Å². The van der Waals surface area contributed by atoms with Gasteiger partial charge in [-0.1, -0.05) is 62.4 Å². The largest absolute Gasteiger partial charge is 0.534 e. The molecule has 0 saturated carbocycles. The second kappa shape index (κ2) is 11.0. The Labute approximate surface area is 204 Å². The van der Waals surface area contributed by atoms with E-state index in [-0.39, 0.29) is 0 Å². The van der Waals surface area contributed by atoms with E-state index in [1.54, 1.807) is 19.2 Å². The summed E-state index contributed by atoms with van der Waals surface area (Å²) in [6.45, 7) is 4.00. The summed E-state index contributed by atoms with van der Waals surface area (Å²) in [5.41, 5.74) is 0.472. The van der Waals surface area contributed by atoms with Crippen molar-refractivity contribution in [3.05, 3.63) is 95.1 Å². The number of benzene rings is 3. The molecule has 1 aliphatic carbocycles. The standard InChI is InChI=1S/C25H21F3O4S.C2H6/c1-31-21-14-15-23-19(16-21)8-5-9-22(17-6-3-2-4-7-17)24(23)18-10-12-20(13-11-18)32-33(29,30)25(26,27)28;1-2/h2-4,6-7,10-16H,5,8-9H2,1H3;1-2H3. The summed E-state index contributed by atoms with van der Waals surface area (Å²) in [5, 5.41) is 0. The second-order valence-corrected chi connectivity index (χ2v) is 9.14. The van der Waals surface area contributed by atoms with Crippen molar-refractivity contribution in [3.8, 4) is 11.5 Å². The van der Waals surface area contributed by atoms with Gasteiger partial charge in [-0.2, -0.15) is 21.6 Å². The molecule has 4 rings (SSSR count). The van der Waals surface area contributed by atoms with Gasteiger partial charge in [-0.3, -0.25) is 0 Å². The summed E-state index contributed by atoms with van der Waals surface area (Å²) in [6, 6.07) is 21.4. The Kier molecular flexibility index (Phi) is 8.27. The van der Waals surface area contributed by atoms with Gasteiger partial charge >= 0.3 is 15.6 Å². The fourth-order valence-corrected chi connectivity index (χ4v) is 4.46. The van der Waals surface area contributed by atoms with Crippen molar-refractivity contribution in [2.24, 2.45) is 0 Å². The van der Waals surface area contributed by atoms with Crippen LogP contribution in [-0.2, 0) is 16.5 Å². The number of methoxy groups -OCH3 is 1. The van der Waals surface area contributed by atoms with E-state index in [4.69, 9.17) is 4.74 Å². The van der Waals surface area contributed by atoms with Crippen LogP contribution in [0.25, 0.3) is 11.1 Å². The molecule has 0 bridgehead atoms. The van der Waals surface area contributed by atoms with E-state index in [0.29, 0.717) is 0 Å². The molecule has 3 aromatic rings. The zero-order valence-electron chi connectivity index (χ0n) is 19.7. The molecule has 0 saturated heterocycles. The number of hydrogen-bond acceptors (Lipinski definition) is 4. The van der Waals surface area contributed by atoms with Gasteiger partial charge in [0, 0.05) is 0 Å². The molecule has 0 fully saturated rings. The van der Waals surface area contributed by atoms with Crippen molar-refractivity contribution < 1.29 is 30.5 Å². The van der Waals surface area contributed by atoms with E-state index in [9.17, 15) is 21.6 Å². The lowest BCUT2D eigenvalue weighted by Gasteiger charge is -2.17. The third-order valence-electron chi connectivity index (χ3n) is 5.51. The molecule has 35 heavy (non-hydrogen) atoms. The highest BCUT2D eigenvalue weighted by Crippen LogP contribution is 2.41. The minimum absolute atomic E-state index is 0.401. The predicted molar refractivity (Wildman–Crippen MR) is 132 cm³/mol. The van der Waals surface area contributed by atoms with Crippen LogP contribution in [0.5, 0.6) is 11.5 Å². The average Bonchev–Trinajstić information content (AvgIpc) is 3.04. The van der Waals surface area contributed by atoms with E-state index in [1.165, 1.54) is 12.1 Å². The lowest BCUT2D eigenvalue weighted by atomic mass is 9.88. The summed E-state index contributed by atoms with van der Waals surface area (Å²) in [6.07, 6.45) is 2.56. The van der Waals surface area contributed by atoms with Crippen molar-refractivity contribution >= 4 is 21.3 Å². The SMILES string of the molecule is CC.COc1ccc2c(c1)CCCC(c1ccccc1)=C2c1ccc(OS(=O)(=O)C(F)(F)F)cc1. The molecule has 0 heterocycles. The quantitative estimate of drug-likeness (QED) is 0.271. The Morgan fingerprint density at radius 1 is 0.800 bits per heavy atom. The van der Waals surface area contributed by atoms with Gasteiger partial charge in [-0.25, -0.2) is 0 Å². The van der Waals surface area contributed by atoms with E-state index < -0.39 is 21.4 Å². The van der Waals surface area contributed by atoms with Crippen molar-refractivity contribution in [2.75, 3.05) is 7.11 Å². The third-order valence-corrected chi connectivity index (χ3v) is 6.49. The van der Waals surface area contributed by atoms with Crippen molar-refractivity contribution in [3.63, 3.8) is 0 Å². The molecule has 0 aliphatic heterocycles. The average molecular weight is 505 g/mol. The van der Waals surface area contributed by atoms with Crippen LogP contribution in [-0.4, -0.2) is 21.0 Å². The zero-order chi connectivity index (χ0) is 25.6. The van der Waals surface area contributed by atoms with E-state index in [2.05, 4.69) is 4.18 Å². The minimum atomic E-state index is -5.73. The van der Waals surface area contributed by atoms with Gasteiger partial charge in [0.25, 0.3) is 0 Å². The Bertz CT molecular complexity index is 1280. The lowest BCUT2D eigenvalue weighted by Crippen LogP contribution is -2.28. The number of allylic oxidation sites excluding steroid dienone is 1. The van der Waals surface area contributed by atoms with Crippen LogP contribution in [0.2, 0.25) is 0 Å². The highest BCUT2D eigenvalue weighted by Gasteiger charge is 2.48. The van der Waals surface area contributed by atoms with Gasteiger partial charge < -0.3 is 8.92 Å². The molecule has 0 amide bonds. The Morgan fingerprint density at radius 3 is 2.03 bits per heavy atom.